The summed E-state index contributed by atoms with van der Waals surface area (Å²) in [7, 11) is -3.81. The van der Waals surface area contributed by atoms with Crippen LogP contribution in [-0.2, 0) is 10.0 Å². The highest BCUT2D eigenvalue weighted by molar-refractivity contribution is 7.93. The van der Waals surface area contributed by atoms with Crippen LogP contribution in [0.25, 0.3) is 0 Å². The second-order valence-electron chi connectivity index (χ2n) is 4.67. The van der Waals surface area contributed by atoms with E-state index >= 15 is 0 Å². The monoisotopic (exact) mass is 373 g/mol. The van der Waals surface area contributed by atoms with E-state index in [9.17, 15) is 8.42 Å². The number of hydrogen-bond donors (Lipinski definition) is 0. The Labute approximate surface area is 146 Å². The normalized spacial score (nSPS) is 11.3. The molecule has 0 aliphatic carbocycles. The number of halogens is 2. The molecule has 0 atom stereocenters. The summed E-state index contributed by atoms with van der Waals surface area (Å²) in [5.74, 6) is 0.686. The summed E-state index contributed by atoms with van der Waals surface area (Å²) >= 11 is 12.0. The molecule has 2 aromatic carbocycles. The second kappa shape index (κ2) is 7.43. The van der Waals surface area contributed by atoms with Gasteiger partial charge in [0.25, 0.3) is 10.0 Å². The lowest BCUT2D eigenvalue weighted by Gasteiger charge is -2.23. The topological polar surface area (TPSA) is 46.6 Å². The van der Waals surface area contributed by atoms with E-state index in [1.807, 2.05) is 6.92 Å². The van der Waals surface area contributed by atoms with Gasteiger partial charge in [0.1, 0.15) is 10.6 Å². The molecule has 4 nitrogen and oxygen atoms in total. The molecule has 0 saturated heterocycles. The smallest absolute Gasteiger partial charge is 0.265 e. The SMILES string of the molecule is CCOc1ccc(N(CC)S(=O)(=O)c2cc(Cl)ccc2Cl)cc1. The molecule has 0 radical (unpaired) electrons. The number of sulfonamides is 1. The molecule has 124 valence electrons. The fourth-order valence-electron chi connectivity index (χ4n) is 2.16. The van der Waals surface area contributed by atoms with Crippen molar-refractivity contribution in [3.05, 3.63) is 52.5 Å². The molecule has 0 aliphatic heterocycles. The average Bonchev–Trinajstić information content (AvgIpc) is 2.52. The molecule has 0 aromatic heterocycles. The van der Waals surface area contributed by atoms with E-state index in [2.05, 4.69) is 0 Å². The van der Waals surface area contributed by atoms with Crippen molar-refractivity contribution < 1.29 is 13.2 Å². The first-order valence-electron chi connectivity index (χ1n) is 7.10. The van der Waals surface area contributed by atoms with E-state index in [1.54, 1.807) is 37.3 Å². The molecule has 0 spiro atoms. The summed E-state index contributed by atoms with van der Waals surface area (Å²) in [5, 5.41) is 0.453. The van der Waals surface area contributed by atoms with Crippen LogP contribution in [0.5, 0.6) is 5.75 Å². The highest BCUT2D eigenvalue weighted by Crippen LogP contribution is 2.31. The Balaban J connectivity index is 2.44. The number of hydrogen-bond acceptors (Lipinski definition) is 3. The molecule has 0 saturated carbocycles. The number of benzene rings is 2. The molecule has 23 heavy (non-hydrogen) atoms. The summed E-state index contributed by atoms with van der Waals surface area (Å²) in [6.45, 7) is 4.46. The molecule has 2 rings (SSSR count). The molecule has 0 amide bonds. The maximum atomic E-state index is 12.9. The van der Waals surface area contributed by atoms with Gasteiger partial charge in [0.15, 0.2) is 0 Å². The fourth-order valence-corrected chi connectivity index (χ4v) is 4.37. The molecule has 2 aromatic rings. The van der Waals surface area contributed by atoms with Crippen LogP contribution in [0.1, 0.15) is 13.8 Å². The van der Waals surface area contributed by atoms with E-state index < -0.39 is 10.0 Å². The van der Waals surface area contributed by atoms with Crippen LogP contribution in [0.15, 0.2) is 47.4 Å². The summed E-state index contributed by atoms with van der Waals surface area (Å²) in [6, 6.07) is 11.2. The molecular weight excluding hydrogens is 357 g/mol. The van der Waals surface area contributed by atoms with Gasteiger partial charge in [0.2, 0.25) is 0 Å². The number of nitrogens with zero attached hydrogens (tertiary/aromatic N) is 1. The minimum atomic E-state index is -3.81. The zero-order valence-corrected chi connectivity index (χ0v) is 15.1. The lowest BCUT2D eigenvalue weighted by molar-refractivity contribution is 0.340. The fraction of sp³-hybridized carbons (Fsp3) is 0.250. The molecule has 7 heteroatoms. The quantitative estimate of drug-likeness (QED) is 0.742. The molecule has 0 heterocycles. The van der Waals surface area contributed by atoms with Gasteiger partial charge < -0.3 is 4.74 Å². The zero-order valence-electron chi connectivity index (χ0n) is 12.8. The largest absolute Gasteiger partial charge is 0.494 e. The maximum absolute atomic E-state index is 12.9. The highest BCUT2D eigenvalue weighted by Gasteiger charge is 2.26. The summed E-state index contributed by atoms with van der Waals surface area (Å²) in [4.78, 5) is -0.0117. The molecular formula is C16H17Cl2NO3S. The molecule has 0 aliphatic rings. The van der Waals surface area contributed by atoms with Gasteiger partial charge in [-0.3, -0.25) is 4.31 Å². The lowest BCUT2D eigenvalue weighted by atomic mass is 10.3. The van der Waals surface area contributed by atoms with Gasteiger partial charge in [-0.2, -0.15) is 0 Å². The van der Waals surface area contributed by atoms with Gasteiger partial charge in [-0.05, 0) is 56.3 Å². The van der Waals surface area contributed by atoms with Crippen molar-refractivity contribution in [1.82, 2.24) is 0 Å². The standard InChI is InChI=1S/C16H17Cl2NO3S/c1-3-19(13-6-8-14(9-7-13)22-4-2)23(20,21)16-11-12(17)5-10-15(16)18/h5-11H,3-4H2,1-2H3. The number of anilines is 1. The predicted octanol–water partition coefficient (Wildman–Crippen LogP) is 4.61. The minimum Gasteiger partial charge on any atom is -0.494 e. The van der Waals surface area contributed by atoms with E-state index in [-0.39, 0.29) is 16.5 Å². The van der Waals surface area contributed by atoms with E-state index in [0.717, 1.165) is 0 Å². The van der Waals surface area contributed by atoms with Crippen LogP contribution in [0, 0.1) is 0 Å². The molecule has 0 fully saturated rings. The third-order valence-electron chi connectivity index (χ3n) is 3.18. The first kappa shape index (κ1) is 17.9. The summed E-state index contributed by atoms with van der Waals surface area (Å²) in [5.41, 5.74) is 0.534. The van der Waals surface area contributed by atoms with Crippen LogP contribution >= 0.6 is 23.2 Å². The van der Waals surface area contributed by atoms with Crippen molar-refractivity contribution >= 4 is 38.9 Å². The number of ether oxygens (including phenoxy) is 1. The van der Waals surface area contributed by atoms with Crippen molar-refractivity contribution in [2.24, 2.45) is 0 Å². The van der Waals surface area contributed by atoms with Gasteiger partial charge >= 0.3 is 0 Å². The van der Waals surface area contributed by atoms with Gasteiger partial charge in [-0.15, -0.1) is 0 Å². The lowest BCUT2D eigenvalue weighted by Crippen LogP contribution is -2.31. The van der Waals surface area contributed by atoms with Gasteiger partial charge in [-0.1, -0.05) is 23.2 Å². The van der Waals surface area contributed by atoms with Crippen molar-refractivity contribution in [3.8, 4) is 5.75 Å². The Bertz CT molecular complexity index is 776. The first-order chi connectivity index (χ1) is 10.9. The van der Waals surface area contributed by atoms with Crippen LogP contribution < -0.4 is 9.04 Å². The zero-order chi connectivity index (χ0) is 17.0. The van der Waals surface area contributed by atoms with E-state index in [0.29, 0.717) is 23.1 Å². The first-order valence-corrected chi connectivity index (χ1v) is 9.30. The average molecular weight is 374 g/mol. The Morgan fingerprint density at radius 2 is 1.70 bits per heavy atom. The predicted molar refractivity (Wildman–Crippen MR) is 94.3 cm³/mol. The van der Waals surface area contributed by atoms with Crippen LogP contribution in [0.3, 0.4) is 0 Å². The van der Waals surface area contributed by atoms with Crippen molar-refractivity contribution in [3.63, 3.8) is 0 Å². The molecule has 0 N–H and O–H groups in total. The Hall–Kier alpha value is -1.43. The van der Waals surface area contributed by atoms with Gasteiger partial charge in [0, 0.05) is 11.6 Å². The summed E-state index contributed by atoms with van der Waals surface area (Å²) < 4.78 is 32.4. The molecule has 0 unspecified atom stereocenters. The minimum absolute atomic E-state index is 0.0117. The van der Waals surface area contributed by atoms with Crippen LogP contribution in [0.2, 0.25) is 10.0 Å². The van der Waals surface area contributed by atoms with E-state index in [4.69, 9.17) is 27.9 Å². The van der Waals surface area contributed by atoms with Gasteiger partial charge in [-0.25, -0.2) is 8.42 Å². The third kappa shape index (κ3) is 3.91. The molecule has 0 bridgehead atoms. The third-order valence-corrected chi connectivity index (χ3v) is 5.80. The van der Waals surface area contributed by atoms with Crippen molar-refractivity contribution in [1.29, 1.82) is 0 Å². The maximum Gasteiger partial charge on any atom is 0.265 e. The second-order valence-corrected chi connectivity index (χ2v) is 7.35. The Morgan fingerprint density at radius 3 is 2.26 bits per heavy atom. The van der Waals surface area contributed by atoms with Crippen LogP contribution in [0.4, 0.5) is 5.69 Å². The van der Waals surface area contributed by atoms with Crippen molar-refractivity contribution in [2.75, 3.05) is 17.5 Å². The highest BCUT2D eigenvalue weighted by atomic mass is 35.5. The van der Waals surface area contributed by atoms with Crippen LogP contribution in [-0.4, -0.2) is 21.6 Å². The van der Waals surface area contributed by atoms with Gasteiger partial charge in [0.05, 0.1) is 17.3 Å². The Morgan fingerprint density at radius 1 is 1.04 bits per heavy atom. The Kier molecular flexibility index (Phi) is 5.79. The van der Waals surface area contributed by atoms with E-state index in [1.165, 1.54) is 16.4 Å². The van der Waals surface area contributed by atoms with Crippen molar-refractivity contribution in [2.45, 2.75) is 18.7 Å². The summed E-state index contributed by atoms with van der Waals surface area (Å²) in [6.07, 6.45) is 0. The number of rotatable bonds is 6.